The molecule has 3 aromatic rings. The third kappa shape index (κ3) is 5.20. The standard InChI is InChI=1S/C23H22F4N4O3S/c24-15-6-4-13(5-7-15)19-18(14-2-1-3-17(12-14)35(29,33)34)20(31-21(30-19)23(25,26)27)22(32)10-8-16(28)9-11-22/h1-7,12,16,32H,8-11,28H2,(H2,29,33,34). The minimum atomic E-state index is -4.95. The monoisotopic (exact) mass is 510 g/mol. The van der Waals surface area contributed by atoms with Crippen molar-refractivity contribution in [2.45, 2.75) is 48.4 Å². The van der Waals surface area contributed by atoms with E-state index in [4.69, 9.17) is 10.9 Å². The van der Waals surface area contributed by atoms with Gasteiger partial charge in [0, 0.05) is 17.2 Å². The molecule has 35 heavy (non-hydrogen) atoms. The minimum Gasteiger partial charge on any atom is -0.384 e. The van der Waals surface area contributed by atoms with Gasteiger partial charge in [0.1, 0.15) is 11.4 Å². The lowest BCUT2D eigenvalue weighted by molar-refractivity contribution is -0.145. The third-order valence-electron chi connectivity index (χ3n) is 6.03. The lowest BCUT2D eigenvalue weighted by Crippen LogP contribution is -2.38. The fraction of sp³-hybridized carbons (Fsp3) is 0.304. The van der Waals surface area contributed by atoms with Gasteiger partial charge in [0.05, 0.1) is 16.3 Å². The van der Waals surface area contributed by atoms with Crippen LogP contribution in [0.3, 0.4) is 0 Å². The van der Waals surface area contributed by atoms with Gasteiger partial charge in [-0.15, -0.1) is 0 Å². The van der Waals surface area contributed by atoms with Gasteiger partial charge in [-0.05, 0) is 67.6 Å². The van der Waals surface area contributed by atoms with Gasteiger partial charge >= 0.3 is 6.18 Å². The molecule has 0 amide bonds. The molecule has 1 fully saturated rings. The topological polar surface area (TPSA) is 132 Å². The van der Waals surface area contributed by atoms with E-state index in [-0.39, 0.29) is 51.9 Å². The molecule has 0 spiro atoms. The van der Waals surface area contributed by atoms with Crippen LogP contribution in [0.1, 0.15) is 37.2 Å². The Kier molecular flexibility index (Phi) is 6.43. The Morgan fingerprint density at radius 3 is 2.20 bits per heavy atom. The molecular formula is C23H22F4N4O3S. The van der Waals surface area contributed by atoms with Gasteiger partial charge in [0.2, 0.25) is 15.8 Å². The van der Waals surface area contributed by atoms with Crippen LogP contribution in [-0.2, 0) is 21.8 Å². The van der Waals surface area contributed by atoms with E-state index in [0.29, 0.717) is 12.8 Å². The van der Waals surface area contributed by atoms with Gasteiger partial charge in [0.15, 0.2) is 0 Å². The van der Waals surface area contributed by atoms with E-state index in [1.165, 1.54) is 36.4 Å². The number of nitrogens with zero attached hydrogens (tertiary/aromatic N) is 2. The fourth-order valence-electron chi connectivity index (χ4n) is 4.20. The highest BCUT2D eigenvalue weighted by molar-refractivity contribution is 7.89. The van der Waals surface area contributed by atoms with Crippen LogP contribution in [0.15, 0.2) is 53.4 Å². The zero-order valence-electron chi connectivity index (χ0n) is 18.3. The quantitative estimate of drug-likeness (QED) is 0.459. The summed E-state index contributed by atoms with van der Waals surface area (Å²) in [6, 6.07) is 9.61. The zero-order chi connectivity index (χ0) is 25.6. The first-order valence-electron chi connectivity index (χ1n) is 10.6. The Hall–Kier alpha value is -2.93. The van der Waals surface area contributed by atoms with Gasteiger partial charge < -0.3 is 10.8 Å². The molecular weight excluding hydrogens is 488 g/mol. The predicted molar refractivity (Wildman–Crippen MR) is 120 cm³/mol. The highest BCUT2D eigenvalue weighted by atomic mass is 32.2. The maximum Gasteiger partial charge on any atom is 0.451 e. The van der Waals surface area contributed by atoms with Gasteiger partial charge in [0.25, 0.3) is 0 Å². The Morgan fingerprint density at radius 2 is 1.63 bits per heavy atom. The molecule has 0 saturated heterocycles. The number of hydrogen-bond donors (Lipinski definition) is 3. The number of aliphatic hydroxyl groups is 1. The van der Waals surface area contributed by atoms with Crippen LogP contribution in [0.4, 0.5) is 17.6 Å². The molecule has 0 unspecified atom stereocenters. The summed E-state index contributed by atoms with van der Waals surface area (Å²) < 4.78 is 79.1. The second kappa shape index (κ2) is 8.94. The van der Waals surface area contributed by atoms with Crippen molar-refractivity contribution in [1.29, 1.82) is 0 Å². The van der Waals surface area contributed by atoms with Crippen LogP contribution >= 0.6 is 0 Å². The first-order valence-corrected chi connectivity index (χ1v) is 12.2. The number of aromatic nitrogens is 2. The number of primary sulfonamides is 1. The molecule has 5 N–H and O–H groups in total. The minimum absolute atomic E-state index is 0.00641. The van der Waals surface area contributed by atoms with Crippen LogP contribution in [0.2, 0.25) is 0 Å². The number of rotatable bonds is 4. The molecule has 4 rings (SSSR count). The van der Waals surface area contributed by atoms with E-state index in [1.807, 2.05) is 0 Å². The molecule has 0 bridgehead atoms. The second-order valence-corrected chi connectivity index (χ2v) is 10.1. The lowest BCUT2D eigenvalue weighted by Gasteiger charge is -2.36. The van der Waals surface area contributed by atoms with Crippen molar-refractivity contribution in [2.24, 2.45) is 10.9 Å². The van der Waals surface area contributed by atoms with E-state index in [0.717, 1.165) is 12.1 Å². The highest BCUT2D eigenvalue weighted by Crippen LogP contribution is 2.45. The third-order valence-corrected chi connectivity index (χ3v) is 6.94. The Labute approximate surface area is 198 Å². The van der Waals surface area contributed by atoms with Crippen molar-refractivity contribution in [3.63, 3.8) is 0 Å². The van der Waals surface area contributed by atoms with Crippen LogP contribution in [0.5, 0.6) is 0 Å². The van der Waals surface area contributed by atoms with E-state index < -0.39 is 33.4 Å². The van der Waals surface area contributed by atoms with Crippen LogP contribution < -0.4 is 10.9 Å². The summed E-state index contributed by atoms with van der Waals surface area (Å²) in [4.78, 5) is 7.20. The van der Waals surface area contributed by atoms with E-state index in [9.17, 15) is 31.1 Å². The SMILES string of the molecule is NC1CCC(O)(c2nc(C(F)(F)F)nc(-c3ccc(F)cc3)c2-c2cccc(S(N)(=O)=O)c2)CC1. The van der Waals surface area contributed by atoms with Crippen LogP contribution in [-0.4, -0.2) is 29.5 Å². The number of sulfonamides is 1. The number of halogens is 4. The maximum atomic E-state index is 13.9. The van der Waals surface area contributed by atoms with E-state index in [1.54, 1.807) is 0 Å². The zero-order valence-corrected chi connectivity index (χ0v) is 19.1. The van der Waals surface area contributed by atoms with Crippen molar-refractivity contribution >= 4 is 10.0 Å². The van der Waals surface area contributed by atoms with Gasteiger partial charge in [-0.25, -0.2) is 27.9 Å². The molecule has 1 aliphatic rings. The molecule has 1 aromatic heterocycles. The molecule has 0 radical (unpaired) electrons. The Balaban J connectivity index is 2.09. The first-order chi connectivity index (χ1) is 16.3. The molecule has 7 nitrogen and oxygen atoms in total. The van der Waals surface area contributed by atoms with Crippen LogP contribution in [0, 0.1) is 5.82 Å². The average molecular weight is 511 g/mol. The molecule has 186 valence electrons. The Morgan fingerprint density at radius 1 is 1.00 bits per heavy atom. The van der Waals surface area contributed by atoms with Crippen molar-refractivity contribution in [1.82, 2.24) is 9.97 Å². The lowest BCUT2D eigenvalue weighted by atomic mass is 9.77. The normalized spacial score (nSPS) is 21.2. The highest BCUT2D eigenvalue weighted by Gasteiger charge is 2.43. The predicted octanol–water partition coefficient (Wildman–Crippen LogP) is 3.70. The summed E-state index contributed by atoms with van der Waals surface area (Å²) in [6.07, 6.45) is -4.21. The Bertz CT molecular complexity index is 1350. The maximum absolute atomic E-state index is 13.9. The molecule has 0 aliphatic heterocycles. The summed E-state index contributed by atoms with van der Waals surface area (Å²) in [5.74, 6) is -2.10. The van der Waals surface area contributed by atoms with Crippen molar-refractivity contribution < 1.29 is 31.1 Å². The average Bonchev–Trinajstić information content (AvgIpc) is 2.80. The molecule has 0 atom stereocenters. The largest absolute Gasteiger partial charge is 0.451 e. The first kappa shape index (κ1) is 25.2. The van der Waals surface area contributed by atoms with Crippen molar-refractivity contribution in [3.05, 3.63) is 65.9 Å². The van der Waals surface area contributed by atoms with E-state index >= 15 is 0 Å². The summed E-state index contributed by atoms with van der Waals surface area (Å²) in [6.45, 7) is 0. The molecule has 2 aromatic carbocycles. The van der Waals surface area contributed by atoms with Gasteiger partial charge in [-0.3, -0.25) is 0 Å². The molecule has 1 heterocycles. The molecule has 1 saturated carbocycles. The van der Waals surface area contributed by atoms with Crippen LogP contribution in [0.25, 0.3) is 22.4 Å². The smallest absolute Gasteiger partial charge is 0.384 e. The number of alkyl halides is 3. The molecule has 12 heteroatoms. The number of benzene rings is 2. The summed E-state index contributed by atoms with van der Waals surface area (Å²) >= 11 is 0. The van der Waals surface area contributed by atoms with Gasteiger partial charge in [-0.2, -0.15) is 13.2 Å². The summed E-state index contributed by atoms with van der Waals surface area (Å²) in [5, 5.41) is 16.8. The summed E-state index contributed by atoms with van der Waals surface area (Å²) in [7, 11) is -4.16. The number of hydrogen-bond acceptors (Lipinski definition) is 6. The number of nitrogens with two attached hydrogens (primary N) is 2. The van der Waals surface area contributed by atoms with Crippen molar-refractivity contribution in [2.75, 3.05) is 0 Å². The van der Waals surface area contributed by atoms with Crippen molar-refractivity contribution in [3.8, 4) is 22.4 Å². The summed E-state index contributed by atoms with van der Waals surface area (Å²) in [5.41, 5.74) is 3.85. The second-order valence-electron chi connectivity index (χ2n) is 8.57. The van der Waals surface area contributed by atoms with Gasteiger partial charge in [-0.1, -0.05) is 12.1 Å². The molecule has 1 aliphatic carbocycles. The fourth-order valence-corrected chi connectivity index (χ4v) is 4.76. The van der Waals surface area contributed by atoms with E-state index in [2.05, 4.69) is 9.97 Å².